The number of rotatable bonds is 13. The minimum Gasteiger partial charge on any atom is -0.491 e. The van der Waals surface area contributed by atoms with E-state index in [0.29, 0.717) is 32.8 Å². The first-order valence-corrected chi connectivity index (χ1v) is 14.1. The quantitative estimate of drug-likeness (QED) is 0.177. The summed E-state index contributed by atoms with van der Waals surface area (Å²) in [4.78, 5) is 12.2. The maximum Gasteiger partial charge on any atom is 0.335 e. The number of aryl methyl sites for hydroxylation is 2. The minimum atomic E-state index is -0.601. The molecule has 0 spiro atoms. The second-order valence-corrected chi connectivity index (χ2v) is 9.61. The lowest BCUT2D eigenvalue weighted by molar-refractivity contribution is -0.156. The number of ether oxygens (including phenoxy) is 4. The van der Waals surface area contributed by atoms with E-state index >= 15 is 0 Å². The molecule has 1 aliphatic rings. The van der Waals surface area contributed by atoms with E-state index < -0.39 is 6.10 Å². The van der Waals surface area contributed by atoms with Crippen molar-refractivity contribution in [1.29, 1.82) is 0 Å². The number of hydrogen-bond acceptors (Lipinski definition) is 5. The molecule has 0 N–H and O–H groups in total. The molecular formula is C34H40O5. The topological polar surface area (TPSA) is 54.0 Å². The van der Waals surface area contributed by atoms with Gasteiger partial charge in [0.1, 0.15) is 18.5 Å². The highest BCUT2D eigenvalue weighted by Gasteiger charge is 2.23. The van der Waals surface area contributed by atoms with Gasteiger partial charge in [-0.1, -0.05) is 74.5 Å². The van der Waals surface area contributed by atoms with Gasteiger partial charge in [-0.15, -0.1) is 0 Å². The van der Waals surface area contributed by atoms with Gasteiger partial charge in [0.25, 0.3) is 0 Å². The van der Waals surface area contributed by atoms with Gasteiger partial charge in [-0.05, 0) is 77.8 Å². The van der Waals surface area contributed by atoms with Crippen molar-refractivity contribution in [3.05, 3.63) is 99.6 Å². The number of fused-ring (bicyclic) bond motifs is 2. The number of benzene rings is 3. The molecule has 0 amide bonds. The van der Waals surface area contributed by atoms with Gasteiger partial charge < -0.3 is 18.9 Å². The van der Waals surface area contributed by atoms with Crippen molar-refractivity contribution in [3.63, 3.8) is 0 Å². The number of hydrogen-bond donors (Lipinski definition) is 0. The highest BCUT2D eigenvalue weighted by molar-refractivity contribution is 5.76. The molecule has 0 fully saturated rings. The Bertz CT molecular complexity index is 1200. The van der Waals surface area contributed by atoms with Crippen LogP contribution in [0, 0.1) is 0 Å². The van der Waals surface area contributed by atoms with Gasteiger partial charge in [-0.3, -0.25) is 0 Å². The molecule has 0 heterocycles. The van der Waals surface area contributed by atoms with Crippen LogP contribution in [0.25, 0.3) is 12.2 Å². The van der Waals surface area contributed by atoms with E-state index in [9.17, 15) is 4.79 Å². The van der Waals surface area contributed by atoms with E-state index in [2.05, 4.69) is 62.4 Å². The van der Waals surface area contributed by atoms with Crippen molar-refractivity contribution in [2.24, 2.45) is 0 Å². The molecule has 39 heavy (non-hydrogen) atoms. The van der Waals surface area contributed by atoms with Crippen LogP contribution >= 0.6 is 0 Å². The van der Waals surface area contributed by atoms with Gasteiger partial charge >= 0.3 is 5.97 Å². The van der Waals surface area contributed by atoms with Crippen molar-refractivity contribution >= 4 is 18.1 Å². The second kappa shape index (κ2) is 14.1. The highest BCUT2D eigenvalue weighted by Crippen LogP contribution is 2.36. The molecule has 1 unspecified atom stereocenters. The molecule has 0 aromatic heterocycles. The summed E-state index contributed by atoms with van der Waals surface area (Å²) < 4.78 is 23.3. The average molecular weight is 529 g/mol. The van der Waals surface area contributed by atoms with E-state index in [4.69, 9.17) is 18.9 Å². The first-order chi connectivity index (χ1) is 19.1. The van der Waals surface area contributed by atoms with E-state index in [0.717, 1.165) is 24.2 Å². The molecule has 0 saturated heterocycles. The van der Waals surface area contributed by atoms with Crippen molar-refractivity contribution in [2.45, 2.75) is 59.2 Å². The van der Waals surface area contributed by atoms with Crippen LogP contribution < -0.4 is 4.74 Å². The van der Waals surface area contributed by atoms with Crippen LogP contribution in [0.3, 0.4) is 0 Å². The van der Waals surface area contributed by atoms with Crippen LogP contribution in [-0.2, 0) is 38.3 Å². The molecule has 5 nitrogen and oxygen atoms in total. The largest absolute Gasteiger partial charge is 0.491 e. The third-order valence-electron chi connectivity index (χ3n) is 7.02. The third kappa shape index (κ3) is 7.37. The Hall–Kier alpha value is -3.41. The Morgan fingerprint density at radius 2 is 1.33 bits per heavy atom. The summed E-state index contributed by atoms with van der Waals surface area (Å²) in [7, 11) is 0. The predicted molar refractivity (Wildman–Crippen MR) is 156 cm³/mol. The Balaban J connectivity index is 1.42. The highest BCUT2D eigenvalue weighted by atomic mass is 16.6. The average Bonchev–Trinajstić information content (AvgIpc) is 3.11. The van der Waals surface area contributed by atoms with Crippen molar-refractivity contribution in [3.8, 4) is 5.75 Å². The molecule has 206 valence electrons. The van der Waals surface area contributed by atoms with Gasteiger partial charge in [0.2, 0.25) is 0 Å². The van der Waals surface area contributed by atoms with Gasteiger partial charge in [-0.25, -0.2) is 4.79 Å². The lowest BCUT2D eigenvalue weighted by atomic mass is 9.93. The van der Waals surface area contributed by atoms with E-state index in [-0.39, 0.29) is 12.1 Å². The second-order valence-electron chi connectivity index (χ2n) is 9.61. The van der Waals surface area contributed by atoms with Crippen LogP contribution in [-0.4, -0.2) is 38.5 Å². The fraction of sp³-hybridized carbons (Fsp3) is 0.382. The van der Waals surface area contributed by atoms with Gasteiger partial charge in [-0.2, -0.15) is 0 Å². The predicted octanol–water partition coefficient (Wildman–Crippen LogP) is 6.99. The molecule has 1 aliphatic carbocycles. The van der Waals surface area contributed by atoms with E-state index in [1.165, 1.54) is 33.4 Å². The van der Waals surface area contributed by atoms with E-state index in [1.54, 1.807) is 6.92 Å². The summed E-state index contributed by atoms with van der Waals surface area (Å²) >= 11 is 0. The first-order valence-electron chi connectivity index (χ1n) is 14.1. The zero-order chi connectivity index (χ0) is 27.6. The van der Waals surface area contributed by atoms with Crippen LogP contribution in [0.1, 0.15) is 72.7 Å². The Morgan fingerprint density at radius 1 is 0.744 bits per heavy atom. The molecular weight excluding hydrogens is 488 g/mol. The molecule has 3 aromatic rings. The summed E-state index contributed by atoms with van der Waals surface area (Å²) in [5, 5.41) is 0. The summed E-state index contributed by atoms with van der Waals surface area (Å²) in [6.07, 6.45) is 6.05. The molecule has 3 aromatic carbocycles. The maximum atomic E-state index is 12.2. The van der Waals surface area contributed by atoms with Crippen LogP contribution in [0.4, 0.5) is 0 Å². The Labute approximate surface area is 232 Å². The lowest BCUT2D eigenvalue weighted by Crippen LogP contribution is -2.28. The zero-order valence-electron chi connectivity index (χ0n) is 23.6. The van der Waals surface area contributed by atoms with Gasteiger partial charge in [0.15, 0.2) is 6.10 Å². The third-order valence-corrected chi connectivity index (χ3v) is 7.02. The molecule has 0 radical (unpaired) electrons. The fourth-order valence-corrected chi connectivity index (χ4v) is 4.88. The summed E-state index contributed by atoms with van der Waals surface area (Å²) in [6, 6.07) is 21.1. The Kier molecular flexibility index (Phi) is 10.3. The molecule has 0 saturated carbocycles. The summed E-state index contributed by atoms with van der Waals surface area (Å²) in [6.45, 7) is 9.71. The number of esters is 1. The van der Waals surface area contributed by atoms with Crippen molar-refractivity contribution in [1.82, 2.24) is 0 Å². The normalized spacial score (nSPS) is 13.3. The van der Waals surface area contributed by atoms with Crippen LogP contribution in [0.2, 0.25) is 0 Å². The summed E-state index contributed by atoms with van der Waals surface area (Å²) in [5.74, 6) is 0.433. The smallest absolute Gasteiger partial charge is 0.335 e. The van der Waals surface area contributed by atoms with Crippen molar-refractivity contribution in [2.75, 3.05) is 26.4 Å². The number of carbonyl (C=O) groups is 1. The molecule has 0 aliphatic heterocycles. The molecule has 4 rings (SSSR count). The Morgan fingerprint density at radius 3 is 1.87 bits per heavy atom. The van der Waals surface area contributed by atoms with Gasteiger partial charge in [0.05, 0.1) is 13.2 Å². The SMILES string of the molecule is CCOC(=O)C(Cc1ccc(OCCOC2c3cc(CC)ccc3C=Cc3ccc(CC)cc32)cc1)OCC. The number of carbonyl (C=O) groups excluding carboxylic acids is 1. The van der Waals surface area contributed by atoms with Crippen LogP contribution in [0.5, 0.6) is 5.75 Å². The lowest BCUT2D eigenvalue weighted by Gasteiger charge is -2.22. The molecule has 5 heteroatoms. The fourth-order valence-electron chi connectivity index (χ4n) is 4.88. The maximum absolute atomic E-state index is 12.2. The van der Waals surface area contributed by atoms with Gasteiger partial charge in [0, 0.05) is 13.0 Å². The summed E-state index contributed by atoms with van der Waals surface area (Å²) in [5.41, 5.74) is 8.38. The van der Waals surface area contributed by atoms with E-state index in [1.807, 2.05) is 31.2 Å². The zero-order valence-corrected chi connectivity index (χ0v) is 23.6. The molecule has 1 atom stereocenters. The first kappa shape index (κ1) is 28.6. The monoisotopic (exact) mass is 528 g/mol. The standard InChI is InChI=1S/C34H40O5/c1-5-24-9-13-27-15-16-28-14-10-25(6-2)22-31(28)33(30(27)21-24)39-20-19-38-29-17-11-26(12-18-29)23-32(36-7-3)34(35)37-8-4/h9-18,21-22,32-33H,5-8,19-20,23H2,1-4H3. The minimum absolute atomic E-state index is 0.160. The molecule has 0 bridgehead atoms. The van der Waals surface area contributed by atoms with Crippen LogP contribution in [0.15, 0.2) is 60.7 Å². The van der Waals surface area contributed by atoms with Crippen molar-refractivity contribution < 1.29 is 23.7 Å².